The van der Waals surface area contributed by atoms with Crippen molar-refractivity contribution in [2.24, 2.45) is 0 Å². The van der Waals surface area contributed by atoms with E-state index in [4.69, 9.17) is 0 Å². The highest BCUT2D eigenvalue weighted by Crippen LogP contribution is 2.30. The monoisotopic (exact) mass is 306 g/mol. The second kappa shape index (κ2) is 7.45. The lowest BCUT2D eigenvalue weighted by atomic mass is 10.2. The first-order valence-electron chi connectivity index (χ1n) is 6.66. The molecule has 1 heterocycles. The molecule has 1 atom stereocenters. The van der Waals surface area contributed by atoms with Gasteiger partial charge in [-0.25, -0.2) is 4.98 Å². The standard InChI is InChI=1S/C15H18N2OS2/c1-3-9-16-14(18)11(2)20-15-17-13(10-19-15)12-7-5-4-6-8-12/h4-8,10-11H,3,9H2,1-2H3,(H,16,18)/t11-/m1/s1. The van der Waals surface area contributed by atoms with Gasteiger partial charge in [0.15, 0.2) is 4.34 Å². The van der Waals surface area contributed by atoms with Gasteiger partial charge in [0.05, 0.1) is 10.9 Å². The molecular weight excluding hydrogens is 288 g/mol. The third-order valence-corrected chi connectivity index (χ3v) is 4.82. The molecular formula is C15H18N2OS2. The zero-order chi connectivity index (χ0) is 14.4. The van der Waals surface area contributed by atoms with Crippen molar-refractivity contribution in [3.8, 4) is 11.3 Å². The Kier molecular flexibility index (Phi) is 5.61. The minimum absolute atomic E-state index is 0.0771. The molecule has 0 saturated carbocycles. The van der Waals surface area contributed by atoms with Crippen molar-refractivity contribution in [3.63, 3.8) is 0 Å². The van der Waals surface area contributed by atoms with E-state index in [1.54, 1.807) is 11.3 Å². The van der Waals surface area contributed by atoms with Gasteiger partial charge in [-0.2, -0.15) is 0 Å². The minimum atomic E-state index is -0.115. The lowest BCUT2D eigenvalue weighted by molar-refractivity contribution is -0.120. The van der Waals surface area contributed by atoms with Gasteiger partial charge in [-0.3, -0.25) is 4.79 Å². The Morgan fingerprint density at radius 1 is 1.40 bits per heavy atom. The average molecular weight is 306 g/mol. The summed E-state index contributed by atoms with van der Waals surface area (Å²) in [5.74, 6) is 0.0771. The Labute approximate surface area is 127 Å². The predicted octanol–water partition coefficient (Wildman–Crippen LogP) is 3.82. The number of hydrogen-bond donors (Lipinski definition) is 1. The van der Waals surface area contributed by atoms with Gasteiger partial charge in [-0.15, -0.1) is 11.3 Å². The fourth-order valence-electron chi connectivity index (χ4n) is 1.65. The predicted molar refractivity (Wildman–Crippen MR) is 86.2 cm³/mol. The number of nitrogens with one attached hydrogen (secondary N) is 1. The molecule has 1 amide bonds. The van der Waals surface area contributed by atoms with Crippen LogP contribution >= 0.6 is 23.1 Å². The number of carbonyl (C=O) groups excluding carboxylic acids is 1. The first kappa shape index (κ1) is 15.1. The van der Waals surface area contributed by atoms with Crippen molar-refractivity contribution < 1.29 is 4.79 Å². The summed E-state index contributed by atoms with van der Waals surface area (Å²) in [5.41, 5.74) is 2.08. The van der Waals surface area contributed by atoms with Crippen molar-refractivity contribution in [3.05, 3.63) is 35.7 Å². The number of aromatic nitrogens is 1. The van der Waals surface area contributed by atoms with E-state index < -0.39 is 0 Å². The maximum absolute atomic E-state index is 11.8. The summed E-state index contributed by atoms with van der Waals surface area (Å²) >= 11 is 3.10. The Bertz CT molecular complexity index is 554. The van der Waals surface area contributed by atoms with Crippen LogP contribution in [0.3, 0.4) is 0 Å². The number of benzene rings is 1. The van der Waals surface area contributed by atoms with Crippen molar-refractivity contribution in [1.82, 2.24) is 10.3 Å². The molecule has 5 heteroatoms. The van der Waals surface area contributed by atoms with Crippen molar-refractivity contribution in [1.29, 1.82) is 0 Å². The maximum atomic E-state index is 11.8. The van der Waals surface area contributed by atoms with Gasteiger partial charge in [-0.05, 0) is 13.3 Å². The lowest BCUT2D eigenvalue weighted by Crippen LogP contribution is -2.31. The van der Waals surface area contributed by atoms with Crippen LogP contribution in [-0.4, -0.2) is 22.7 Å². The van der Waals surface area contributed by atoms with Crippen molar-refractivity contribution >= 4 is 29.0 Å². The maximum Gasteiger partial charge on any atom is 0.233 e. The van der Waals surface area contributed by atoms with Gasteiger partial charge in [0, 0.05) is 17.5 Å². The van der Waals surface area contributed by atoms with E-state index in [1.807, 2.05) is 49.6 Å². The van der Waals surface area contributed by atoms with Crippen LogP contribution in [0.15, 0.2) is 40.1 Å². The smallest absolute Gasteiger partial charge is 0.233 e. The SMILES string of the molecule is CCCNC(=O)[C@@H](C)Sc1nc(-c2ccccc2)cs1. The van der Waals surface area contributed by atoms with E-state index in [0.29, 0.717) is 0 Å². The third-order valence-electron chi connectivity index (χ3n) is 2.75. The van der Waals surface area contributed by atoms with Crippen molar-refractivity contribution in [2.75, 3.05) is 6.54 Å². The highest BCUT2D eigenvalue weighted by molar-refractivity contribution is 8.02. The molecule has 2 aromatic rings. The topological polar surface area (TPSA) is 42.0 Å². The lowest BCUT2D eigenvalue weighted by Gasteiger charge is -2.09. The third kappa shape index (κ3) is 4.08. The number of thioether (sulfide) groups is 1. The van der Waals surface area contributed by atoms with E-state index in [-0.39, 0.29) is 11.2 Å². The summed E-state index contributed by atoms with van der Waals surface area (Å²) in [5, 5.41) is 4.83. The molecule has 106 valence electrons. The molecule has 2 rings (SSSR count). The van der Waals surface area contributed by atoms with Gasteiger partial charge in [0.1, 0.15) is 0 Å². The molecule has 1 aromatic carbocycles. The number of rotatable bonds is 6. The second-order valence-corrected chi connectivity index (χ2v) is 6.86. The van der Waals surface area contributed by atoms with Gasteiger partial charge in [0.25, 0.3) is 0 Å². The molecule has 0 unspecified atom stereocenters. The van der Waals surface area contributed by atoms with Gasteiger partial charge < -0.3 is 5.32 Å². The summed E-state index contributed by atoms with van der Waals surface area (Å²) in [6.07, 6.45) is 0.957. The van der Waals surface area contributed by atoms with Crippen LogP contribution in [0.25, 0.3) is 11.3 Å². The van der Waals surface area contributed by atoms with Crippen LogP contribution in [0.4, 0.5) is 0 Å². The zero-order valence-electron chi connectivity index (χ0n) is 11.6. The molecule has 0 aliphatic carbocycles. The van der Waals surface area contributed by atoms with Crippen LogP contribution in [0.1, 0.15) is 20.3 Å². The van der Waals surface area contributed by atoms with Crippen LogP contribution in [0, 0.1) is 0 Å². The van der Waals surface area contributed by atoms with Gasteiger partial charge in [0.2, 0.25) is 5.91 Å². The van der Waals surface area contributed by atoms with Crippen LogP contribution in [-0.2, 0) is 4.79 Å². The fraction of sp³-hybridized carbons (Fsp3) is 0.333. The highest BCUT2D eigenvalue weighted by Gasteiger charge is 2.16. The largest absolute Gasteiger partial charge is 0.355 e. The quantitative estimate of drug-likeness (QED) is 0.825. The first-order valence-corrected chi connectivity index (χ1v) is 8.42. The molecule has 1 aromatic heterocycles. The number of thiazole rings is 1. The minimum Gasteiger partial charge on any atom is -0.355 e. The summed E-state index contributed by atoms with van der Waals surface area (Å²) in [4.78, 5) is 16.4. The zero-order valence-corrected chi connectivity index (χ0v) is 13.3. The van der Waals surface area contributed by atoms with Gasteiger partial charge in [-0.1, -0.05) is 49.0 Å². The number of carbonyl (C=O) groups is 1. The highest BCUT2D eigenvalue weighted by atomic mass is 32.2. The van der Waals surface area contributed by atoms with E-state index in [1.165, 1.54) is 11.8 Å². The number of amides is 1. The number of nitrogens with zero attached hydrogens (tertiary/aromatic N) is 1. The summed E-state index contributed by atoms with van der Waals surface area (Å²) in [6.45, 7) is 4.70. The molecule has 0 radical (unpaired) electrons. The van der Waals surface area contributed by atoms with E-state index in [9.17, 15) is 4.79 Å². The van der Waals surface area contributed by atoms with E-state index in [0.717, 1.165) is 28.6 Å². The Morgan fingerprint density at radius 2 is 2.15 bits per heavy atom. The molecule has 1 N–H and O–H groups in total. The van der Waals surface area contributed by atoms with E-state index >= 15 is 0 Å². The summed E-state index contributed by atoms with van der Waals surface area (Å²) in [6, 6.07) is 10.1. The molecule has 0 aliphatic heterocycles. The van der Waals surface area contributed by atoms with Crippen LogP contribution in [0.2, 0.25) is 0 Å². The summed E-state index contributed by atoms with van der Waals surface area (Å²) in [7, 11) is 0. The second-order valence-electron chi connectivity index (χ2n) is 4.42. The summed E-state index contributed by atoms with van der Waals surface area (Å²) < 4.78 is 0.933. The Hall–Kier alpha value is -1.33. The molecule has 3 nitrogen and oxygen atoms in total. The van der Waals surface area contributed by atoms with E-state index in [2.05, 4.69) is 10.3 Å². The Balaban J connectivity index is 1.98. The number of hydrogen-bond acceptors (Lipinski definition) is 4. The molecule has 20 heavy (non-hydrogen) atoms. The molecule has 0 bridgehead atoms. The first-order chi connectivity index (χ1) is 9.70. The van der Waals surface area contributed by atoms with Crippen molar-refractivity contribution in [2.45, 2.75) is 29.9 Å². The average Bonchev–Trinajstić information content (AvgIpc) is 2.94. The molecule has 0 spiro atoms. The Morgan fingerprint density at radius 3 is 2.85 bits per heavy atom. The normalized spacial score (nSPS) is 12.1. The molecule has 0 saturated heterocycles. The fourth-order valence-corrected chi connectivity index (χ4v) is 3.65. The van der Waals surface area contributed by atoms with Gasteiger partial charge >= 0.3 is 0 Å². The van der Waals surface area contributed by atoms with Crippen LogP contribution in [0.5, 0.6) is 0 Å². The van der Waals surface area contributed by atoms with Crippen LogP contribution < -0.4 is 5.32 Å². The molecule has 0 fully saturated rings. The molecule has 0 aliphatic rings.